The number of halogens is 1. The molecular weight excluding hydrogens is 284 g/mol. The molecule has 106 valence electrons. The first-order chi connectivity index (χ1) is 8.93. The number of rotatable bonds is 7. The second-order valence-corrected chi connectivity index (χ2v) is 6.54. The molecule has 0 bridgehead atoms. The molecule has 0 aliphatic rings. The second kappa shape index (κ2) is 7.05. The predicted molar refractivity (Wildman–Crippen MR) is 78.8 cm³/mol. The van der Waals surface area contributed by atoms with Crippen molar-refractivity contribution in [2.24, 2.45) is 0 Å². The first-order valence-electron chi connectivity index (χ1n) is 5.99. The van der Waals surface area contributed by atoms with Gasteiger partial charge in [0.25, 0.3) is 0 Å². The van der Waals surface area contributed by atoms with Crippen LogP contribution in [0.1, 0.15) is 12.5 Å². The maximum absolute atomic E-state index is 12.3. The van der Waals surface area contributed by atoms with Crippen molar-refractivity contribution in [2.45, 2.75) is 18.4 Å². The number of benzene rings is 1. The molecule has 0 aliphatic heterocycles. The molecule has 0 amide bonds. The predicted octanol–water partition coefficient (Wildman–Crippen LogP) is 2.26. The molecule has 0 aliphatic carbocycles. The third kappa shape index (κ3) is 4.04. The van der Waals surface area contributed by atoms with Crippen LogP contribution >= 0.6 is 11.6 Å². The molecule has 1 aromatic rings. The van der Waals surface area contributed by atoms with Crippen molar-refractivity contribution < 1.29 is 8.42 Å². The van der Waals surface area contributed by atoms with Crippen molar-refractivity contribution in [1.82, 2.24) is 9.62 Å². The molecule has 1 aromatic carbocycles. The van der Waals surface area contributed by atoms with Gasteiger partial charge in [-0.1, -0.05) is 30.7 Å². The van der Waals surface area contributed by atoms with Crippen LogP contribution in [0.3, 0.4) is 0 Å². The molecule has 0 saturated carbocycles. The zero-order valence-corrected chi connectivity index (χ0v) is 12.8. The van der Waals surface area contributed by atoms with Gasteiger partial charge in [-0.05, 0) is 24.2 Å². The summed E-state index contributed by atoms with van der Waals surface area (Å²) in [6.07, 6.45) is 1.54. The van der Waals surface area contributed by atoms with Gasteiger partial charge in [0.05, 0.1) is 5.02 Å². The lowest BCUT2D eigenvalue weighted by Crippen LogP contribution is -2.27. The van der Waals surface area contributed by atoms with E-state index >= 15 is 0 Å². The number of hydrogen-bond acceptors (Lipinski definition) is 3. The molecule has 0 unspecified atom stereocenters. The van der Waals surface area contributed by atoms with Crippen molar-refractivity contribution in [2.75, 3.05) is 20.1 Å². The average Bonchev–Trinajstić information content (AvgIpc) is 2.37. The Labute approximate surface area is 120 Å². The van der Waals surface area contributed by atoms with E-state index < -0.39 is 10.0 Å². The third-order valence-electron chi connectivity index (χ3n) is 2.65. The minimum absolute atomic E-state index is 0.133. The standard InChI is InChI=1S/C13H19ClN2O2S/c1-4-8-16(3)19(17,18)13-9-11(10-15-5-2)6-7-12(13)14/h4,6-7,9,15H,1,5,8,10H2,2-3H3. The molecule has 0 aromatic heterocycles. The highest BCUT2D eigenvalue weighted by Crippen LogP contribution is 2.25. The number of nitrogens with zero attached hydrogens (tertiary/aromatic N) is 1. The van der Waals surface area contributed by atoms with E-state index in [4.69, 9.17) is 11.6 Å². The van der Waals surface area contributed by atoms with Crippen LogP contribution in [0, 0.1) is 0 Å². The van der Waals surface area contributed by atoms with Crippen molar-refractivity contribution in [3.8, 4) is 0 Å². The summed E-state index contributed by atoms with van der Waals surface area (Å²) in [4.78, 5) is 0.133. The highest BCUT2D eigenvalue weighted by atomic mass is 35.5. The number of hydrogen-bond donors (Lipinski definition) is 1. The highest BCUT2D eigenvalue weighted by molar-refractivity contribution is 7.89. The molecule has 0 spiro atoms. The van der Waals surface area contributed by atoms with Crippen molar-refractivity contribution >= 4 is 21.6 Å². The Balaban J connectivity index is 3.14. The van der Waals surface area contributed by atoms with Crippen LogP contribution < -0.4 is 5.32 Å². The first kappa shape index (κ1) is 16.2. The fourth-order valence-corrected chi connectivity index (χ4v) is 3.23. The van der Waals surface area contributed by atoms with Gasteiger partial charge < -0.3 is 5.32 Å². The van der Waals surface area contributed by atoms with Gasteiger partial charge in [0, 0.05) is 20.1 Å². The van der Waals surface area contributed by atoms with Crippen molar-refractivity contribution in [3.63, 3.8) is 0 Å². The van der Waals surface area contributed by atoms with Crippen LogP contribution in [-0.4, -0.2) is 32.9 Å². The van der Waals surface area contributed by atoms with Gasteiger partial charge in [-0.25, -0.2) is 8.42 Å². The summed E-state index contributed by atoms with van der Waals surface area (Å²) in [5.41, 5.74) is 0.886. The van der Waals surface area contributed by atoms with Gasteiger partial charge in [-0.3, -0.25) is 0 Å². The summed E-state index contributed by atoms with van der Waals surface area (Å²) >= 11 is 6.01. The molecule has 4 nitrogen and oxygen atoms in total. The normalized spacial score (nSPS) is 11.8. The topological polar surface area (TPSA) is 49.4 Å². The van der Waals surface area contributed by atoms with Crippen molar-refractivity contribution in [3.05, 3.63) is 41.4 Å². The van der Waals surface area contributed by atoms with Crippen LogP contribution in [0.4, 0.5) is 0 Å². The molecule has 0 radical (unpaired) electrons. The quantitative estimate of drug-likeness (QED) is 0.786. The summed E-state index contributed by atoms with van der Waals surface area (Å²) in [6, 6.07) is 5.04. The lowest BCUT2D eigenvalue weighted by atomic mass is 10.2. The molecule has 6 heteroatoms. The Morgan fingerprint density at radius 3 is 2.74 bits per heavy atom. The smallest absolute Gasteiger partial charge is 0.244 e. The van der Waals surface area contributed by atoms with Gasteiger partial charge >= 0.3 is 0 Å². The number of nitrogens with one attached hydrogen (secondary N) is 1. The molecule has 1 rings (SSSR count). The summed E-state index contributed by atoms with van der Waals surface area (Å²) < 4.78 is 25.9. The van der Waals surface area contributed by atoms with Crippen LogP contribution in [0.25, 0.3) is 0 Å². The molecule has 1 N–H and O–H groups in total. The monoisotopic (exact) mass is 302 g/mol. The van der Waals surface area contributed by atoms with Gasteiger partial charge in [-0.2, -0.15) is 4.31 Å². The van der Waals surface area contributed by atoms with Gasteiger partial charge in [0.1, 0.15) is 4.90 Å². The number of sulfonamides is 1. The van der Waals surface area contributed by atoms with Crippen molar-refractivity contribution in [1.29, 1.82) is 0 Å². The fourth-order valence-electron chi connectivity index (χ4n) is 1.57. The van der Waals surface area contributed by atoms with Gasteiger partial charge in [0.15, 0.2) is 0 Å². The maximum atomic E-state index is 12.3. The van der Waals surface area contributed by atoms with E-state index in [0.29, 0.717) is 6.54 Å². The Kier molecular flexibility index (Phi) is 6.00. The Bertz CT molecular complexity index is 544. The maximum Gasteiger partial charge on any atom is 0.244 e. The zero-order valence-electron chi connectivity index (χ0n) is 11.2. The van der Waals surface area contributed by atoms with Crippen LogP contribution in [0.15, 0.2) is 35.7 Å². The lowest BCUT2D eigenvalue weighted by molar-refractivity contribution is 0.499. The van der Waals surface area contributed by atoms with Crippen LogP contribution in [0.5, 0.6) is 0 Å². The molecule has 0 atom stereocenters. The van der Waals surface area contributed by atoms with E-state index in [1.165, 1.54) is 17.4 Å². The SMILES string of the molecule is C=CCN(C)S(=O)(=O)c1cc(CNCC)ccc1Cl. The van der Waals surface area contributed by atoms with E-state index in [1.807, 2.05) is 13.0 Å². The van der Waals surface area contributed by atoms with Gasteiger partial charge in [-0.15, -0.1) is 6.58 Å². The second-order valence-electron chi connectivity index (χ2n) is 4.12. The Morgan fingerprint density at radius 1 is 1.47 bits per heavy atom. The van der Waals surface area contributed by atoms with E-state index in [9.17, 15) is 8.42 Å². The third-order valence-corrected chi connectivity index (χ3v) is 4.95. The van der Waals surface area contributed by atoms with E-state index in [1.54, 1.807) is 12.1 Å². The fraction of sp³-hybridized carbons (Fsp3) is 0.385. The molecular formula is C13H19ClN2O2S. The minimum Gasteiger partial charge on any atom is -0.313 e. The molecule has 0 heterocycles. The minimum atomic E-state index is -3.58. The highest BCUT2D eigenvalue weighted by Gasteiger charge is 2.22. The van der Waals surface area contributed by atoms with E-state index in [-0.39, 0.29) is 16.5 Å². The zero-order chi connectivity index (χ0) is 14.5. The summed E-state index contributed by atoms with van der Waals surface area (Å²) in [6.45, 7) is 7.21. The summed E-state index contributed by atoms with van der Waals surface area (Å²) in [5.74, 6) is 0. The van der Waals surface area contributed by atoms with Crippen LogP contribution in [-0.2, 0) is 16.6 Å². The first-order valence-corrected chi connectivity index (χ1v) is 7.81. The Morgan fingerprint density at radius 2 is 2.16 bits per heavy atom. The Hall–Kier alpha value is -0.880. The van der Waals surface area contributed by atoms with E-state index in [0.717, 1.165) is 12.1 Å². The molecule has 0 fully saturated rings. The van der Waals surface area contributed by atoms with Crippen LogP contribution in [0.2, 0.25) is 5.02 Å². The lowest BCUT2D eigenvalue weighted by Gasteiger charge is -2.17. The van der Waals surface area contributed by atoms with E-state index in [2.05, 4.69) is 11.9 Å². The average molecular weight is 303 g/mol. The number of likely N-dealkylation sites (N-methyl/N-ethyl adjacent to an activating group) is 1. The largest absolute Gasteiger partial charge is 0.313 e. The van der Waals surface area contributed by atoms with Gasteiger partial charge in [0.2, 0.25) is 10.0 Å². The molecule has 0 saturated heterocycles. The summed E-state index contributed by atoms with van der Waals surface area (Å²) in [7, 11) is -2.07. The summed E-state index contributed by atoms with van der Waals surface area (Å²) in [5, 5.41) is 3.38. The molecule has 19 heavy (non-hydrogen) atoms.